The molecule has 1 atom stereocenters. The van der Waals surface area contributed by atoms with E-state index in [9.17, 15) is 26.8 Å². The summed E-state index contributed by atoms with van der Waals surface area (Å²) in [7, 11) is -1.33. The number of carbonyl (C=O) groups excluding carboxylic acids is 2. The van der Waals surface area contributed by atoms with Crippen LogP contribution in [0, 0.1) is 11.6 Å². The molecule has 0 aliphatic heterocycles. The van der Waals surface area contributed by atoms with Gasteiger partial charge >= 0.3 is 5.97 Å². The van der Waals surface area contributed by atoms with E-state index in [2.05, 4.69) is 4.72 Å². The van der Waals surface area contributed by atoms with Crippen LogP contribution in [0.2, 0.25) is 0 Å². The Kier molecular flexibility index (Phi) is 7.70. The van der Waals surface area contributed by atoms with Gasteiger partial charge in [-0.25, -0.2) is 22.0 Å². The van der Waals surface area contributed by atoms with Crippen LogP contribution in [0.15, 0.2) is 65.6 Å². The molecule has 3 aromatic carbocycles. The summed E-state index contributed by atoms with van der Waals surface area (Å²) in [4.78, 5) is 24.8. The third kappa shape index (κ3) is 5.93. The maximum absolute atomic E-state index is 13.4. The molecule has 0 aliphatic carbocycles. The third-order valence-corrected chi connectivity index (χ3v) is 6.28. The van der Waals surface area contributed by atoms with Gasteiger partial charge in [0.05, 0.1) is 30.2 Å². The summed E-state index contributed by atoms with van der Waals surface area (Å²) in [6.45, 7) is 1.41. The maximum atomic E-state index is 13.4. The van der Waals surface area contributed by atoms with Crippen LogP contribution >= 0.6 is 0 Å². The molecule has 1 N–H and O–H groups in total. The van der Waals surface area contributed by atoms with Crippen molar-refractivity contribution in [2.75, 3.05) is 18.9 Å². The Labute approximate surface area is 200 Å². The number of Topliss-reactive ketones (excluding diaryl/α,β-unsaturated/α-hetero) is 1. The number of esters is 1. The largest absolute Gasteiger partial charge is 0.497 e. The molecular formula is C24H21F2NO7S. The van der Waals surface area contributed by atoms with Gasteiger partial charge in [-0.2, -0.15) is 0 Å². The first-order valence-electron chi connectivity index (χ1n) is 10.1. The monoisotopic (exact) mass is 505 g/mol. The number of nitrogens with one attached hydrogen (secondary N) is 1. The van der Waals surface area contributed by atoms with E-state index in [1.807, 2.05) is 0 Å². The van der Waals surface area contributed by atoms with Crippen LogP contribution in [-0.4, -0.2) is 40.5 Å². The number of ketones is 1. The fourth-order valence-electron chi connectivity index (χ4n) is 3.04. The minimum atomic E-state index is -4.20. The van der Waals surface area contributed by atoms with Gasteiger partial charge in [0, 0.05) is 11.8 Å². The summed E-state index contributed by atoms with van der Waals surface area (Å²) in [6.07, 6.45) is -1.14. The van der Waals surface area contributed by atoms with Gasteiger partial charge in [-0.15, -0.1) is 0 Å². The van der Waals surface area contributed by atoms with Crippen LogP contribution < -0.4 is 14.2 Å². The fraction of sp³-hybridized carbons (Fsp3) is 0.167. The minimum Gasteiger partial charge on any atom is -0.497 e. The van der Waals surface area contributed by atoms with Crippen molar-refractivity contribution in [3.63, 3.8) is 0 Å². The highest BCUT2D eigenvalue weighted by Gasteiger charge is 2.24. The molecule has 184 valence electrons. The van der Waals surface area contributed by atoms with E-state index >= 15 is 0 Å². The molecule has 0 fully saturated rings. The molecule has 8 nitrogen and oxygen atoms in total. The number of halogens is 2. The zero-order chi connectivity index (χ0) is 25.8. The third-order valence-electron chi connectivity index (χ3n) is 4.90. The van der Waals surface area contributed by atoms with Gasteiger partial charge in [0.1, 0.15) is 11.5 Å². The second kappa shape index (κ2) is 10.5. The van der Waals surface area contributed by atoms with Crippen molar-refractivity contribution >= 4 is 27.5 Å². The van der Waals surface area contributed by atoms with Gasteiger partial charge in [-0.1, -0.05) is 0 Å². The van der Waals surface area contributed by atoms with Crippen molar-refractivity contribution in [3.05, 3.63) is 83.4 Å². The van der Waals surface area contributed by atoms with E-state index in [0.717, 1.165) is 6.07 Å². The highest BCUT2D eigenvalue weighted by Crippen LogP contribution is 2.26. The summed E-state index contributed by atoms with van der Waals surface area (Å²) in [6, 6.07) is 11.9. The van der Waals surface area contributed by atoms with Gasteiger partial charge < -0.3 is 14.2 Å². The van der Waals surface area contributed by atoms with Crippen LogP contribution in [-0.2, 0) is 14.8 Å². The second-order valence-electron chi connectivity index (χ2n) is 7.24. The lowest BCUT2D eigenvalue weighted by atomic mass is 10.1. The van der Waals surface area contributed by atoms with Crippen LogP contribution in [0.3, 0.4) is 0 Å². The summed E-state index contributed by atoms with van der Waals surface area (Å²) >= 11 is 0. The van der Waals surface area contributed by atoms with Crippen LogP contribution in [0.1, 0.15) is 27.6 Å². The lowest BCUT2D eigenvalue weighted by molar-refractivity contribution is 0.0317. The van der Waals surface area contributed by atoms with Crippen molar-refractivity contribution in [2.24, 2.45) is 0 Å². The molecule has 0 amide bonds. The summed E-state index contributed by atoms with van der Waals surface area (Å²) in [5, 5.41) is 0. The Balaban J connectivity index is 1.69. The zero-order valence-electron chi connectivity index (χ0n) is 18.9. The SMILES string of the molecule is COc1ccc(C(=O)[C@H](C)OC(=O)c2ccc(NS(=O)(=O)c3ccc(F)c(F)c3)cc2)c(OC)c1. The topological polar surface area (TPSA) is 108 Å². The fourth-order valence-corrected chi connectivity index (χ4v) is 4.11. The van der Waals surface area contributed by atoms with E-state index in [4.69, 9.17) is 14.2 Å². The number of sulfonamides is 1. The van der Waals surface area contributed by atoms with E-state index in [0.29, 0.717) is 17.9 Å². The molecule has 11 heteroatoms. The van der Waals surface area contributed by atoms with Crippen LogP contribution in [0.4, 0.5) is 14.5 Å². The average Bonchev–Trinajstić information content (AvgIpc) is 2.84. The van der Waals surface area contributed by atoms with E-state index in [-0.39, 0.29) is 22.6 Å². The molecule has 0 aromatic heterocycles. The highest BCUT2D eigenvalue weighted by molar-refractivity contribution is 7.92. The van der Waals surface area contributed by atoms with Gasteiger partial charge in [-0.3, -0.25) is 9.52 Å². The van der Waals surface area contributed by atoms with Gasteiger partial charge in [0.25, 0.3) is 10.0 Å². The molecule has 0 saturated heterocycles. The summed E-state index contributed by atoms with van der Waals surface area (Å²) in [5.41, 5.74) is 0.330. The Morgan fingerprint density at radius 3 is 2.17 bits per heavy atom. The predicted octanol–water partition coefficient (Wildman–Crippen LogP) is 4.21. The first-order valence-corrected chi connectivity index (χ1v) is 11.6. The minimum absolute atomic E-state index is 0.0575. The molecule has 0 radical (unpaired) electrons. The van der Waals surface area contributed by atoms with Crippen molar-refractivity contribution in [3.8, 4) is 11.5 Å². The second-order valence-corrected chi connectivity index (χ2v) is 8.92. The van der Waals surface area contributed by atoms with E-state index in [1.165, 1.54) is 57.5 Å². The quantitative estimate of drug-likeness (QED) is 0.343. The molecule has 0 saturated carbocycles. The van der Waals surface area contributed by atoms with Crippen molar-refractivity contribution in [1.29, 1.82) is 0 Å². The number of methoxy groups -OCH3 is 2. The van der Waals surface area contributed by atoms with E-state index < -0.39 is 44.4 Å². The number of hydrogen-bond acceptors (Lipinski definition) is 7. The van der Waals surface area contributed by atoms with Crippen molar-refractivity contribution in [1.82, 2.24) is 0 Å². The molecule has 0 unspecified atom stereocenters. The normalized spacial score (nSPS) is 11.9. The lowest BCUT2D eigenvalue weighted by Gasteiger charge is -2.15. The van der Waals surface area contributed by atoms with Gasteiger partial charge in [-0.05, 0) is 61.5 Å². The number of ether oxygens (including phenoxy) is 3. The molecule has 0 aliphatic rings. The highest BCUT2D eigenvalue weighted by atomic mass is 32.2. The molecule has 0 heterocycles. The Bertz CT molecular complexity index is 1360. The van der Waals surface area contributed by atoms with Crippen LogP contribution in [0.5, 0.6) is 11.5 Å². The Morgan fingerprint density at radius 1 is 0.886 bits per heavy atom. The smallest absolute Gasteiger partial charge is 0.338 e. The zero-order valence-corrected chi connectivity index (χ0v) is 19.7. The molecule has 0 bridgehead atoms. The van der Waals surface area contributed by atoms with Crippen molar-refractivity contribution in [2.45, 2.75) is 17.9 Å². The first kappa shape index (κ1) is 25.6. The number of benzene rings is 3. The number of hydrogen-bond donors (Lipinski definition) is 1. The number of carbonyl (C=O) groups is 2. The molecule has 3 aromatic rings. The molecule has 3 rings (SSSR count). The number of rotatable bonds is 9. The molecule has 35 heavy (non-hydrogen) atoms. The van der Waals surface area contributed by atoms with Crippen LogP contribution in [0.25, 0.3) is 0 Å². The molecular weight excluding hydrogens is 484 g/mol. The molecule has 0 spiro atoms. The summed E-state index contributed by atoms with van der Waals surface area (Å²) in [5.74, 6) is -3.03. The predicted molar refractivity (Wildman–Crippen MR) is 122 cm³/mol. The maximum Gasteiger partial charge on any atom is 0.338 e. The van der Waals surface area contributed by atoms with E-state index in [1.54, 1.807) is 6.07 Å². The Hall–Kier alpha value is -3.99. The first-order chi connectivity index (χ1) is 16.6. The van der Waals surface area contributed by atoms with Crippen molar-refractivity contribution < 1.29 is 41.0 Å². The number of anilines is 1. The Morgan fingerprint density at radius 2 is 1.57 bits per heavy atom. The summed E-state index contributed by atoms with van der Waals surface area (Å²) < 4.78 is 69.0. The average molecular weight is 505 g/mol. The van der Waals surface area contributed by atoms with Gasteiger partial charge in [0.2, 0.25) is 5.78 Å². The standard InChI is InChI=1S/C24H21F2NO7S/c1-14(23(28)19-10-8-17(32-2)12-22(19)33-3)34-24(29)15-4-6-16(7-5-15)27-35(30,31)18-9-11-20(25)21(26)13-18/h4-14,27H,1-3H3/t14-/m0/s1. The lowest BCUT2D eigenvalue weighted by Crippen LogP contribution is -2.25. The van der Waals surface area contributed by atoms with Gasteiger partial charge in [0.15, 0.2) is 17.7 Å².